The number of hydrogen-bond acceptors (Lipinski definition) is 3. The van der Waals surface area contributed by atoms with Crippen molar-refractivity contribution in [2.24, 2.45) is 7.05 Å². The lowest BCUT2D eigenvalue weighted by Crippen LogP contribution is -2.35. The lowest BCUT2D eigenvalue weighted by atomic mass is 10.2. The van der Waals surface area contributed by atoms with Gasteiger partial charge in [-0.1, -0.05) is 19.8 Å². The van der Waals surface area contributed by atoms with Gasteiger partial charge in [-0.05, 0) is 32.5 Å². The molecule has 0 aliphatic carbocycles. The average Bonchev–Trinajstić information content (AvgIpc) is 2.68. The number of nitrogens with zero attached hydrogens (tertiary/aromatic N) is 4. The Labute approximate surface area is 117 Å². The van der Waals surface area contributed by atoms with Crippen LogP contribution in [-0.2, 0) is 13.6 Å². The zero-order chi connectivity index (χ0) is 13.5. The molecular weight excluding hydrogens is 236 g/mol. The van der Waals surface area contributed by atoms with Crippen LogP contribution < -0.4 is 0 Å². The first kappa shape index (κ1) is 14.5. The van der Waals surface area contributed by atoms with E-state index in [1.165, 1.54) is 45.3 Å². The molecule has 1 aromatic rings. The highest BCUT2D eigenvalue weighted by atomic mass is 15.2. The van der Waals surface area contributed by atoms with Crippen molar-refractivity contribution in [2.45, 2.75) is 39.2 Å². The zero-order valence-corrected chi connectivity index (χ0v) is 12.5. The van der Waals surface area contributed by atoms with Crippen molar-refractivity contribution < 1.29 is 0 Å². The Morgan fingerprint density at radius 1 is 1.21 bits per heavy atom. The molecule has 0 atom stereocenters. The summed E-state index contributed by atoms with van der Waals surface area (Å²) in [6.07, 6.45) is 9.51. The van der Waals surface area contributed by atoms with Crippen LogP contribution in [0.4, 0.5) is 0 Å². The van der Waals surface area contributed by atoms with Gasteiger partial charge >= 0.3 is 0 Å². The maximum absolute atomic E-state index is 4.42. The van der Waals surface area contributed by atoms with Crippen molar-refractivity contribution in [2.75, 3.05) is 32.7 Å². The van der Waals surface area contributed by atoms with Crippen LogP contribution in [0.25, 0.3) is 0 Å². The van der Waals surface area contributed by atoms with Crippen LogP contribution in [0.15, 0.2) is 12.4 Å². The lowest BCUT2D eigenvalue weighted by molar-refractivity contribution is 0.204. The lowest BCUT2D eigenvalue weighted by Gasteiger charge is -2.25. The van der Waals surface area contributed by atoms with Crippen molar-refractivity contribution in [3.8, 4) is 0 Å². The molecule has 0 bridgehead atoms. The van der Waals surface area contributed by atoms with E-state index >= 15 is 0 Å². The normalized spacial score (nSPS) is 17.8. The van der Waals surface area contributed by atoms with Crippen LogP contribution in [-0.4, -0.2) is 52.1 Å². The largest absolute Gasteiger partial charge is 0.337 e. The second-order valence-electron chi connectivity index (χ2n) is 5.58. The van der Waals surface area contributed by atoms with Gasteiger partial charge in [-0.25, -0.2) is 4.98 Å². The molecule has 2 heterocycles. The minimum Gasteiger partial charge on any atom is -0.337 e. The third kappa shape index (κ3) is 4.62. The molecular formula is C15H28N4. The van der Waals surface area contributed by atoms with E-state index in [0.717, 1.165) is 25.5 Å². The van der Waals surface area contributed by atoms with Crippen molar-refractivity contribution in [1.29, 1.82) is 0 Å². The number of likely N-dealkylation sites (N-methyl/N-ethyl adjacent to an activating group) is 1. The fourth-order valence-electron chi connectivity index (χ4n) is 2.74. The smallest absolute Gasteiger partial charge is 0.122 e. The maximum Gasteiger partial charge on any atom is 0.122 e. The van der Waals surface area contributed by atoms with Crippen molar-refractivity contribution in [3.63, 3.8) is 0 Å². The van der Waals surface area contributed by atoms with E-state index in [4.69, 9.17) is 0 Å². The third-order valence-electron chi connectivity index (χ3n) is 4.16. The van der Waals surface area contributed by atoms with E-state index in [-0.39, 0.29) is 0 Å². The molecule has 1 aromatic heterocycles. The molecule has 1 fully saturated rings. The summed E-state index contributed by atoms with van der Waals surface area (Å²) < 4.78 is 2.12. The number of aromatic nitrogens is 2. The fraction of sp³-hybridized carbons (Fsp3) is 0.800. The Bertz CT molecular complexity index is 353. The number of rotatable bonds is 6. The summed E-state index contributed by atoms with van der Waals surface area (Å²) in [5.74, 6) is 1.16. The highest BCUT2D eigenvalue weighted by Gasteiger charge is 2.12. The average molecular weight is 264 g/mol. The molecule has 0 N–H and O–H groups in total. The first-order chi connectivity index (χ1) is 9.29. The van der Waals surface area contributed by atoms with Crippen LogP contribution >= 0.6 is 0 Å². The molecule has 1 aliphatic rings. The zero-order valence-electron chi connectivity index (χ0n) is 12.5. The summed E-state index contributed by atoms with van der Waals surface area (Å²) in [6.45, 7) is 9.25. The maximum atomic E-state index is 4.42. The first-order valence-corrected chi connectivity index (χ1v) is 7.70. The molecule has 108 valence electrons. The molecule has 0 radical (unpaired) electrons. The van der Waals surface area contributed by atoms with E-state index in [1.54, 1.807) is 0 Å². The monoisotopic (exact) mass is 264 g/mol. The quantitative estimate of drug-likeness (QED) is 0.786. The minimum atomic E-state index is 0.966. The standard InChI is InChI=1S/C15H28N4/c1-3-18(14-15-16-8-11-17(15)2)12-13-19-9-6-4-5-7-10-19/h8,11H,3-7,9-10,12-14H2,1-2H3. The highest BCUT2D eigenvalue weighted by molar-refractivity contribution is 4.90. The summed E-state index contributed by atoms with van der Waals surface area (Å²) in [5, 5.41) is 0. The van der Waals surface area contributed by atoms with E-state index in [1.807, 2.05) is 12.4 Å². The molecule has 4 nitrogen and oxygen atoms in total. The number of hydrogen-bond donors (Lipinski definition) is 0. The molecule has 0 aromatic carbocycles. The van der Waals surface area contributed by atoms with Crippen molar-refractivity contribution >= 4 is 0 Å². The molecule has 19 heavy (non-hydrogen) atoms. The van der Waals surface area contributed by atoms with E-state index < -0.39 is 0 Å². The van der Waals surface area contributed by atoms with Gasteiger partial charge in [-0.15, -0.1) is 0 Å². The van der Waals surface area contributed by atoms with Crippen molar-refractivity contribution in [3.05, 3.63) is 18.2 Å². The molecule has 2 rings (SSSR count). The molecule has 0 spiro atoms. The summed E-state index contributed by atoms with van der Waals surface area (Å²) in [5.41, 5.74) is 0. The molecule has 0 amide bonds. The van der Waals surface area contributed by atoms with Crippen LogP contribution in [0.3, 0.4) is 0 Å². The predicted molar refractivity (Wildman–Crippen MR) is 79.1 cm³/mol. The SMILES string of the molecule is CCN(CCN1CCCCCC1)Cc1nccn1C. The molecule has 0 unspecified atom stereocenters. The molecule has 4 heteroatoms. The number of aryl methyl sites for hydroxylation is 1. The molecule has 1 saturated heterocycles. The number of imidazole rings is 1. The Morgan fingerprint density at radius 2 is 1.95 bits per heavy atom. The van der Waals surface area contributed by atoms with Crippen LogP contribution in [0.1, 0.15) is 38.4 Å². The van der Waals surface area contributed by atoms with Gasteiger partial charge in [0.2, 0.25) is 0 Å². The second-order valence-corrected chi connectivity index (χ2v) is 5.58. The van der Waals surface area contributed by atoms with Gasteiger partial charge in [0.1, 0.15) is 5.82 Å². The Kier molecular flexibility index (Phi) is 5.86. The van der Waals surface area contributed by atoms with Gasteiger partial charge in [0.25, 0.3) is 0 Å². The Morgan fingerprint density at radius 3 is 2.53 bits per heavy atom. The van der Waals surface area contributed by atoms with Gasteiger partial charge in [-0.3, -0.25) is 4.90 Å². The molecule has 0 saturated carbocycles. The second kappa shape index (κ2) is 7.65. The summed E-state index contributed by atoms with van der Waals surface area (Å²) >= 11 is 0. The number of likely N-dealkylation sites (tertiary alicyclic amines) is 1. The summed E-state index contributed by atoms with van der Waals surface area (Å²) in [4.78, 5) is 9.55. The molecule has 1 aliphatic heterocycles. The van der Waals surface area contributed by atoms with Crippen LogP contribution in [0, 0.1) is 0 Å². The predicted octanol–water partition coefficient (Wildman–Crippen LogP) is 2.12. The Hall–Kier alpha value is -0.870. The first-order valence-electron chi connectivity index (χ1n) is 7.70. The summed E-state index contributed by atoms with van der Waals surface area (Å²) in [7, 11) is 2.07. The van der Waals surface area contributed by atoms with Gasteiger partial charge in [0.15, 0.2) is 0 Å². The van der Waals surface area contributed by atoms with Gasteiger partial charge in [0.05, 0.1) is 6.54 Å². The van der Waals surface area contributed by atoms with Gasteiger partial charge < -0.3 is 9.47 Å². The van der Waals surface area contributed by atoms with Crippen LogP contribution in [0.2, 0.25) is 0 Å². The van der Waals surface area contributed by atoms with E-state index in [2.05, 4.69) is 33.3 Å². The highest BCUT2D eigenvalue weighted by Crippen LogP contribution is 2.09. The van der Waals surface area contributed by atoms with E-state index in [9.17, 15) is 0 Å². The third-order valence-corrected chi connectivity index (χ3v) is 4.16. The van der Waals surface area contributed by atoms with Gasteiger partial charge in [-0.2, -0.15) is 0 Å². The van der Waals surface area contributed by atoms with Crippen molar-refractivity contribution in [1.82, 2.24) is 19.4 Å². The minimum absolute atomic E-state index is 0.966. The van der Waals surface area contributed by atoms with Crippen LogP contribution in [0.5, 0.6) is 0 Å². The van der Waals surface area contributed by atoms with E-state index in [0.29, 0.717) is 0 Å². The topological polar surface area (TPSA) is 24.3 Å². The summed E-state index contributed by atoms with van der Waals surface area (Å²) in [6, 6.07) is 0. The Balaban J connectivity index is 1.77. The van der Waals surface area contributed by atoms with Gasteiger partial charge in [0, 0.05) is 32.5 Å². The fourth-order valence-corrected chi connectivity index (χ4v) is 2.74.